The molecule has 0 saturated carbocycles. The highest BCUT2D eigenvalue weighted by Crippen LogP contribution is 2.28. The van der Waals surface area contributed by atoms with Gasteiger partial charge < -0.3 is 32.3 Å². The molecule has 3 rings (SSSR count). The Kier molecular flexibility index (Phi) is 4.96. The predicted molar refractivity (Wildman–Crippen MR) is 100 cm³/mol. The van der Waals surface area contributed by atoms with E-state index in [0.717, 1.165) is 11.3 Å². The molecule has 2 aromatic heterocycles. The van der Waals surface area contributed by atoms with Crippen molar-refractivity contribution in [2.24, 2.45) is 0 Å². The second-order valence-electron chi connectivity index (χ2n) is 5.58. The number of aromatic nitrogens is 4. The van der Waals surface area contributed by atoms with Crippen LogP contribution in [-0.2, 0) is 0 Å². The van der Waals surface area contributed by atoms with Crippen molar-refractivity contribution in [1.29, 1.82) is 0 Å². The minimum Gasteiger partial charge on any atom is -0.395 e. The fourth-order valence-corrected chi connectivity index (χ4v) is 2.65. The zero-order valence-corrected chi connectivity index (χ0v) is 14.0. The van der Waals surface area contributed by atoms with Crippen molar-refractivity contribution in [3.8, 4) is 11.3 Å². The maximum Gasteiger partial charge on any atom is 0.224 e. The third-order valence-electron chi connectivity index (χ3n) is 3.85. The molecule has 0 bridgehead atoms. The minimum atomic E-state index is -0.00669. The number of fused-ring (bicyclic) bond motifs is 1. The fourth-order valence-electron chi connectivity index (χ4n) is 2.65. The van der Waals surface area contributed by atoms with E-state index in [1.54, 1.807) is 0 Å². The van der Waals surface area contributed by atoms with Crippen molar-refractivity contribution in [2.45, 2.75) is 0 Å². The molecule has 3 aromatic rings. The van der Waals surface area contributed by atoms with E-state index in [9.17, 15) is 0 Å². The number of benzene rings is 1. The second-order valence-corrected chi connectivity index (χ2v) is 5.58. The van der Waals surface area contributed by atoms with Gasteiger partial charge in [0, 0.05) is 24.3 Å². The van der Waals surface area contributed by atoms with Crippen molar-refractivity contribution in [2.75, 3.05) is 48.4 Å². The highest BCUT2D eigenvalue weighted by atomic mass is 16.3. The largest absolute Gasteiger partial charge is 0.395 e. The molecule has 0 fully saturated rings. The summed E-state index contributed by atoms with van der Waals surface area (Å²) in [5.74, 6) is 0.342. The predicted octanol–water partition coefficient (Wildman–Crippen LogP) is -0.376. The molecule has 10 heteroatoms. The van der Waals surface area contributed by atoms with Gasteiger partial charge in [0.25, 0.3) is 0 Å². The zero-order chi connectivity index (χ0) is 18.7. The first-order valence-electron chi connectivity index (χ1n) is 7.96. The van der Waals surface area contributed by atoms with E-state index in [1.165, 1.54) is 0 Å². The Bertz CT molecular complexity index is 910. The van der Waals surface area contributed by atoms with Gasteiger partial charge in [0.05, 0.1) is 13.2 Å². The summed E-state index contributed by atoms with van der Waals surface area (Å²) in [6.45, 7) is 0.834. The normalized spacial score (nSPS) is 11.0. The van der Waals surface area contributed by atoms with Crippen LogP contribution in [0.1, 0.15) is 0 Å². The van der Waals surface area contributed by atoms with Gasteiger partial charge in [-0.2, -0.15) is 9.97 Å². The van der Waals surface area contributed by atoms with Crippen LogP contribution < -0.4 is 22.1 Å². The molecule has 0 unspecified atom stereocenters. The SMILES string of the molecule is Nc1nc(N)c2nc(-c3ccc(N(CCO)CCO)cc3)c(N)nc2n1. The lowest BCUT2D eigenvalue weighted by Crippen LogP contribution is -2.29. The van der Waals surface area contributed by atoms with Gasteiger partial charge in [-0.15, -0.1) is 0 Å². The summed E-state index contributed by atoms with van der Waals surface area (Å²) in [6.07, 6.45) is 0. The lowest BCUT2D eigenvalue weighted by atomic mass is 10.1. The van der Waals surface area contributed by atoms with Crippen LogP contribution in [0.5, 0.6) is 0 Å². The van der Waals surface area contributed by atoms with Gasteiger partial charge in [-0.1, -0.05) is 12.1 Å². The number of nitrogen functional groups attached to an aromatic ring is 3. The van der Waals surface area contributed by atoms with Gasteiger partial charge in [-0.3, -0.25) is 0 Å². The average Bonchev–Trinajstić information content (AvgIpc) is 2.61. The summed E-state index contributed by atoms with van der Waals surface area (Å²) in [4.78, 5) is 18.4. The number of aliphatic hydroxyl groups is 2. The van der Waals surface area contributed by atoms with Crippen molar-refractivity contribution >= 4 is 34.4 Å². The van der Waals surface area contributed by atoms with Crippen LogP contribution in [0.4, 0.5) is 23.3 Å². The van der Waals surface area contributed by atoms with Crippen LogP contribution in [0, 0.1) is 0 Å². The molecular formula is C16H20N8O2. The monoisotopic (exact) mass is 356 g/mol. The first-order valence-corrected chi connectivity index (χ1v) is 7.96. The molecule has 0 saturated heterocycles. The maximum absolute atomic E-state index is 9.15. The number of rotatable bonds is 6. The molecule has 0 atom stereocenters. The van der Waals surface area contributed by atoms with Crippen LogP contribution in [0.2, 0.25) is 0 Å². The van der Waals surface area contributed by atoms with Gasteiger partial charge >= 0.3 is 0 Å². The molecule has 0 radical (unpaired) electrons. The highest BCUT2D eigenvalue weighted by molar-refractivity contribution is 5.87. The standard InChI is InChI=1S/C16H20N8O2/c17-13-11(20-12-14(18)22-16(19)23-15(12)21-13)9-1-3-10(4-2-9)24(5-7-25)6-8-26/h1-4,25-26H,5-8H2,(H6,17,18,19,21,22,23). The molecule has 0 aliphatic heterocycles. The molecule has 0 aliphatic rings. The highest BCUT2D eigenvalue weighted by Gasteiger charge is 2.14. The van der Waals surface area contributed by atoms with E-state index in [0.29, 0.717) is 24.3 Å². The summed E-state index contributed by atoms with van der Waals surface area (Å²) >= 11 is 0. The van der Waals surface area contributed by atoms with Crippen molar-refractivity contribution in [3.05, 3.63) is 24.3 Å². The lowest BCUT2D eigenvalue weighted by molar-refractivity contribution is 0.281. The van der Waals surface area contributed by atoms with E-state index < -0.39 is 0 Å². The minimum absolute atomic E-state index is 0.00669. The lowest BCUT2D eigenvalue weighted by Gasteiger charge is -2.23. The number of hydrogen-bond donors (Lipinski definition) is 5. The quantitative estimate of drug-likeness (QED) is 0.392. The van der Waals surface area contributed by atoms with E-state index in [-0.39, 0.29) is 36.4 Å². The molecule has 8 N–H and O–H groups in total. The molecular weight excluding hydrogens is 336 g/mol. The third kappa shape index (κ3) is 3.41. The second kappa shape index (κ2) is 7.33. The third-order valence-corrected chi connectivity index (χ3v) is 3.85. The van der Waals surface area contributed by atoms with Gasteiger partial charge in [0.1, 0.15) is 5.69 Å². The Morgan fingerprint density at radius 2 is 1.46 bits per heavy atom. The molecule has 0 spiro atoms. The molecule has 1 aromatic carbocycles. The Hall–Kier alpha value is -3.24. The van der Waals surface area contributed by atoms with Gasteiger partial charge in [-0.25, -0.2) is 9.97 Å². The van der Waals surface area contributed by atoms with Crippen molar-refractivity contribution < 1.29 is 10.2 Å². The first-order chi connectivity index (χ1) is 12.5. The van der Waals surface area contributed by atoms with Crippen LogP contribution >= 0.6 is 0 Å². The van der Waals surface area contributed by atoms with Crippen LogP contribution in [0.25, 0.3) is 22.4 Å². The summed E-state index contributed by atoms with van der Waals surface area (Å²) in [6, 6.07) is 7.37. The molecule has 10 nitrogen and oxygen atoms in total. The van der Waals surface area contributed by atoms with Crippen LogP contribution in [0.15, 0.2) is 24.3 Å². The average molecular weight is 356 g/mol. The molecule has 2 heterocycles. The Balaban J connectivity index is 2.00. The number of hydrogen-bond acceptors (Lipinski definition) is 10. The molecule has 0 amide bonds. The Labute approximate surface area is 149 Å². The molecule has 136 valence electrons. The van der Waals surface area contributed by atoms with Gasteiger partial charge in [0.15, 0.2) is 22.8 Å². The van der Waals surface area contributed by atoms with Gasteiger partial charge in [0.2, 0.25) is 5.95 Å². The Morgan fingerprint density at radius 1 is 0.808 bits per heavy atom. The fraction of sp³-hybridized carbons (Fsp3) is 0.250. The summed E-state index contributed by atoms with van der Waals surface area (Å²) in [5, 5.41) is 18.3. The zero-order valence-electron chi connectivity index (χ0n) is 14.0. The van der Waals surface area contributed by atoms with Crippen molar-refractivity contribution in [1.82, 2.24) is 19.9 Å². The van der Waals surface area contributed by atoms with Crippen molar-refractivity contribution in [3.63, 3.8) is 0 Å². The maximum atomic E-state index is 9.15. The van der Waals surface area contributed by atoms with Crippen LogP contribution in [-0.4, -0.2) is 56.5 Å². The number of anilines is 4. The summed E-state index contributed by atoms with van der Waals surface area (Å²) in [5.41, 5.74) is 20.1. The molecule has 26 heavy (non-hydrogen) atoms. The Morgan fingerprint density at radius 3 is 2.08 bits per heavy atom. The number of aliphatic hydroxyl groups excluding tert-OH is 2. The van der Waals surface area contributed by atoms with Crippen LogP contribution in [0.3, 0.4) is 0 Å². The van der Waals surface area contributed by atoms with E-state index in [2.05, 4.69) is 19.9 Å². The van der Waals surface area contributed by atoms with E-state index >= 15 is 0 Å². The van der Waals surface area contributed by atoms with Gasteiger partial charge in [-0.05, 0) is 12.1 Å². The number of nitrogens with zero attached hydrogens (tertiary/aromatic N) is 5. The van der Waals surface area contributed by atoms with E-state index in [1.807, 2.05) is 29.2 Å². The summed E-state index contributed by atoms with van der Waals surface area (Å²) < 4.78 is 0. The smallest absolute Gasteiger partial charge is 0.224 e. The number of nitrogens with two attached hydrogens (primary N) is 3. The first kappa shape index (κ1) is 17.6. The molecule has 0 aliphatic carbocycles. The van der Waals surface area contributed by atoms with E-state index in [4.69, 9.17) is 27.4 Å². The topological polar surface area (TPSA) is 173 Å². The summed E-state index contributed by atoms with van der Waals surface area (Å²) in [7, 11) is 0.